The van der Waals surface area contributed by atoms with E-state index in [2.05, 4.69) is 25.9 Å². The zero-order valence-corrected chi connectivity index (χ0v) is 14.2. The lowest BCUT2D eigenvalue weighted by atomic mass is 10.2. The minimum absolute atomic E-state index is 0.0853. The maximum atomic E-state index is 13.7. The van der Waals surface area contributed by atoms with Gasteiger partial charge in [0, 0.05) is 31.4 Å². The Balaban J connectivity index is 1.88. The molecular weight excluding hydrogens is 333 g/mol. The number of rotatable bonds is 7. The van der Waals surface area contributed by atoms with Crippen LogP contribution in [-0.4, -0.2) is 35.5 Å². The first-order valence-corrected chi connectivity index (χ1v) is 7.94. The number of hydrogen-bond donors (Lipinski definition) is 3. The molecule has 128 valence electrons. The molecule has 1 aromatic carbocycles. The summed E-state index contributed by atoms with van der Waals surface area (Å²) in [4.78, 5) is 20.5. The van der Waals surface area contributed by atoms with E-state index in [9.17, 15) is 9.18 Å². The molecule has 1 heterocycles. The first-order valence-electron chi connectivity index (χ1n) is 7.57. The second-order valence-electron chi connectivity index (χ2n) is 5.03. The molecule has 0 saturated carbocycles. The Morgan fingerprint density at radius 2 is 2.04 bits per heavy atom. The van der Waals surface area contributed by atoms with E-state index in [1.165, 1.54) is 18.2 Å². The van der Waals surface area contributed by atoms with E-state index >= 15 is 0 Å². The van der Waals surface area contributed by atoms with Crippen LogP contribution in [0.25, 0.3) is 0 Å². The van der Waals surface area contributed by atoms with Crippen LogP contribution in [0.2, 0.25) is 5.02 Å². The van der Waals surface area contributed by atoms with Crippen molar-refractivity contribution in [1.82, 2.24) is 15.3 Å². The minimum Gasteiger partial charge on any atom is -0.368 e. The van der Waals surface area contributed by atoms with Gasteiger partial charge in [-0.1, -0.05) is 17.7 Å². The van der Waals surface area contributed by atoms with E-state index in [1.54, 1.807) is 6.07 Å². The monoisotopic (exact) mass is 351 g/mol. The Morgan fingerprint density at radius 1 is 1.25 bits per heavy atom. The fourth-order valence-electron chi connectivity index (χ4n) is 2.07. The summed E-state index contributed by atoms with van der Waals surface area (Å²) in [5, 5.41) is 8.84. The molecule has 0 spiro atoms. The van der Waals surface area contributed by atoms with Crippen molar-refractivity contribution in [3.63, 3.8) is 0 Å². The molecule has 6 nitrogen and oxygen atoms in total. The molecule has 0 bridgehead atoms. The molecule has 0 aliphatic heterocycles. The summed E-state index contributed by atoms with van der Waals surface area (Å²) in [5.41, 5.74) is 0.678. The van der Waals surface area contributed by atoms with Gasteiger partial charge in [0.25, 0.3) is 5.91 Å². The van der Waals surface area contributed by atoms with Crippen molar-refractivity contribution < 1.29 is 9.18 Å². The van der Waals surface area contributed by atoms with E-state index in [4.69, 9.17) is 11.6 Å². The van der Waals surface area contributed by atoms with Gasteiger partial charge in [-0.25, -0.2) is 9.37 Å². The molecule has 8 heteroatoms. The van der Waals surface area contributed by atoms with Crippen LogP contribution in [-0.2, 0) is 0 Å². The summed E-state index contributed by atoms with van der Waals surface area (Å²) < 4.78 is 13.7. The lowest BCUT2D eigenvalue weighted by molar-refractivity contribution is 0.0951. The van der Waals surface area contributed by atoms with Gasteiger partial charge in [0.1, 0.15) is 11.6 Å². The Hall–Kier alpha value is -2.41. The summed E-state index contributed by atoms with van der Waals surface area (Å²) in [6.45, 7) is 5.28. The summed E-state index contributed by atoms with van der Waals surface area (Å²) >= 11 is 5.86. The smallest absolute Gasteiger partial charge is 0.255 e. The van der Waals surface area contributed by atoms with Crippen LogP contribution in [0.15, 0.2) is 24.3 Å². The van der Waals surface area contributed by atoms with Crippen LogP contribution in [0.4, 0.5) is 16.2 Å². The van der Waals surface area contributed by atoms with Crippen molar-refractivity contribution >= 4 is 29.3 Å². The molecule has 0 aliphatic carbocycles. The van der Waals surface area contributed by atoms with Crippen molar-refractivity contribution in [3.05, 3.63) is 46.4 Å². The van der Waals surface area contributed by atoms with Gasteiger partial charge >= 0.3 is 0 Å². The molecule has 0 saturated heterocycles. The predicted octanol–water partition coefficient (Wildman–Crippen LogP) is 2.85. The maximum Gasteiger partial charge on any atom is 0.255 e. The van der Waals surface area contributed by atoms with Crippen molar-refractivity contribution in [3.8, 4) is 0 Å². The van der Waals surface area contributed by atoms with Crippen LogP contribution in [0.5, 0.6) is 0 Å². The fraction of sp³-hybridized carbons (Fsp3) is 0.312. The molecule has 0 radical (unpaired) electrons. The fourth-order valence-corrected chi connectivity index (χ4v) is 2.31. The van der Waals surface area contributed by atoms with Gasteiger partial charge < -0.3 is 16.0 Å². The highest BCUT2D eigenvalue weighted by Crippen LogP contribution is 2.18. The molecule has 2 aromatic rings. The molecule has 1 aromatic heterocycles. The Labute approximate surface area is 144 Å². The van der Waals surface area contributed by atoms with Gasteiger partial charge in [-0.2, -0.15) is 4.98 Å². The van der Waals surface area contributed by atoms with Gasteiger partial charge in [-0.05, 0) is 26.0 Å². The van der Waals surface area contributed by atoms with Crippen molar-refractivity contribution in [1.29, 1.82) is 0 Å². The molecule has 1 amide bonds. The van der Waals surface area contributed by atoms with Crippen molar-refractivity contribution in [2.45, 2.75) is 13.8 Å². The molecule has 2 rings (SSSR count). The molecule has 24 heavy (non-hydrogen) atoms. The number of aromatic nitrogens is 2. The average Bonchev–Trinajstić information content (AvgIpc) is 2.51. The Morgan fingerprint density at radius 3 is 2.75 bits per heavy atom. The molecule has 3 N–H and O–H groups in total. The van der Waals surface area contributed by atoms with Crippen LogP contribution < -0.4 is 16.0 Å². The third-order valence-electron chi connectivity index (χ3n) is 3.10. The minimum atomic E-state index is -0.644. The van der Waals surface area contributed by atoms with Gasteiger partial charge in [-0.3, -0.25) is 4.79 Å². The van der Waals surface area contributed by atoms with Gasteiger partial charge in [0.2, 0.25) is 5.95 Å². The predicted molar refractivity (Wildman–Crippen MR) is 93.2 cm³/mol. The number of nitrogens with zero attached hydrogens (tertiary/aromatic N) is 2. The summed E-state index contributed by atoms with van der Waals surface area (Å²) in [5.74, 6) is 0.000528. The highest BCUT2D eigenvalue weighted by atomic mass is 35.5. The first-order chi connectivity index (χ1) is 11.5. The zero-order chi connectivity index (χ0) is 17.5. The van der Waals surface area contributed by atoms with Crippen LogP contribution in [0, 0.1) is 12.7 Å². The second kappa shape index (κ2) is 8.44. The molecule has 0 unspecified atom stereocenters. The lowest BCUT2D eigenvalue weighted by Crippen LogP contribution is -2.29. The quantitative estimate of drug-likeness (QED) is 0.668. The standard InChI is InChI=1S/C16H19ClFN5O/c1-3-19-16-22-10(2)9-13(23-16)20-7-8-21-15(24)14-11(17)5-4-6-12(14)18/h4-6,9H,3,7-8H2,1-2H3,(H,21,24)(H2,19,20,22,23). The Bertz CT molecular complexity index is 705. The van der Waals surface area contributed by atoms with Crippen molar-refractivity contribution in [2.75, 3.05) is 30.3 Å². The third kappa shape index (κ3) is 4.79. The van der Waals surface area contributed by atoms with Crippen LogP contribution in [0.1, 0.15) is 23.0 Å². The summed E-state index contributed by atoms with van der Waals surface area (Å²) in [6, 6.07) is 5.93. The van der Waals surface area contributed by atoms with E-state index in [1.807, 2.05) is 13.8 Å². The zero-order valence-electron chi connectivity index (χ0n) is 13.5. The number of aryl methyl sites for hydroxylation is 1. The van der Waals surface area contributed by atoms with E-state index in [0.29, 0.717) is 24.9 Å². The number of carbonyl (C=O) groups is 1. The topological polar surface area (TPSA) is 78.9 Å². The number of amides is 1. The summed E-state index contributed by atoms with van der Waals surface area (Å²) in [7, 11) is 0. The van der Waals surface area contributed by atoms with Gasteiger partial charge in [-0.15, -0.1) is 0 Å². The largest absolute Gasteiger partial charge is 0.368 e. The number of benzene rings is 1. The molecule has 0 aliphatic rings. The highest BCUT2D eigenvalue weighted by Gasteiger charge is 2.14. The van der Waals surface area contributed by atoms with Crippen molar-refractivity contribution in [2.24, 2.45) is 0 Å². The number of anilines is 2. The maximum absolute atomic E-state index is 13.7. The highest BCUT2D eigenvalue weighted by molar-refractivity contribution is 6.33. The summed E-state index contributed by atoms with van der Waals surface area (Å²) in [6.07, 6.45) is 0. The van der Waals surface area contributed by atoms with E-state index < -0.39 is 11.7 Å². The van der Waals surface area contributed by atoms with E-state index in [0.717, 1.165) is 12.2 Å². The molecule has 0 fully saturated rings. The van der Waals surface area contributed by atoms with E-state index in [-0.39, 0.29) is 10.6 Å². The SMILES string of the molecule is CCNc1nc(C)cc(NCCNC(=O)c2c(F)cccc2Cl)n1. The number of carbonyl (C=O) groups excluding carboxylic acids is 1. The first kappa shape index (κ1) is 17.9. The number of halogens is 2. The van der Waals surface area contributed by atoms with Crippen LogP contribution in [0.3, 0.4) is 0 Å². The number of nitrogens with one attached hydrogen (secondary N) is 3. The lowest BCUT2D eigenvalue weighted by Gasteiger charge is -2.10. The second-order valence-corrected chi connectivity index (χ2v) is 5.44. The van der Waals surface area contributed by atoms with Crippen LogP contribution >= 0.6 is 11.6 Å². The number of hydrogen-bond acceptors (Lipinski definition) is 5. The normalized spacial score (nSPS) is 10.3. The molecule has 0 atom stereocenters. The molecular formula is C16H19ClFN5O. The van der Waals surface area contributed by atoms with Gasteiger partial charge in [0.15, 0.2) is 0 Å². The Kier molecular flexibility index (Phi) is 6.31. The third-order valence-corrected chi connectivity index (χ3v) is 3.41. The van der Waals surface area contributed by atoms with Gasteiger partial charge in [0.05, 0.1) is 10.6 Å². The average molecular weight is 352 g/mol.